The molecule has 1 heterocycles. The normalized spacial score (nSPS) is 14.2. The fourth-order valence-electron chi connectivity index (χ4n) is 2.38. The lowest BCUT2D eigenvalue weighted by Crippen LogP contribution is -2.28. The highest BCUT2D eigenvalue weighted by molar-refractivity contribution is 6.19. The van der Waals surface area contributed by atoms with Gasteiger partial charge >= 0.3 is 5.97 Å². The van der Waals surface area contributed by atoms with E-state index in [-0.39, 0.29) is 24.7 Å². The molecule has 0 N–H and O–H groups in total. The van der Waals surface area contributed by atoms with Crippen molar-refractivity contribution in [1.82, 2.24) is 0 Å². The molecule has 0 aromatic heterocycles. The van der Waals surface area contributed by atoms with Gasteiger partial charge in [0.05, 0.1) is 11.3 Å². The van der Waals surface area contributed by atoms with E-state index in [0.717, 1.165) is 10.5 Å². The summed E-state index contributed by atoms with van der Waals surface area (Å²) < 4.78 is 5.28. The van der Waals surface area contributed by atoms with Gasteiger partial charge in [0.25, 0.3) is 0 Å². The number of anilines is 1. The van der Waals surface area contributed by atoms with Crippen LogP contribution in [0.4, 0.5) is 5.69 Å². The average Bonchev–Trinajstić information content (AvgIpc) is 2.88. The quantitative estimate of drug-likeness (QED) is 0.497. The summed E-state index contributed by atoms with van der Waals surface area (Å²) in [4.78, 5) is 36.6. The van der Waals surface area contributed by atoms with E-state index in [1.807, 2.05) is 19.1 Å². The number of amides is 2. The van der Waals surface area contributed by atoms with Gasteiger partial charge in [-0.2, -0.15) is 0 Å². The van der Waals surface area contributed by atoms with Crippen molar-refractivity contribution in [2.45, 2.75) is 19.8 Å². The van der Waals surface area contributed by atoms with E-state index in [1.54, 1.807) is 36.4 Å². The Labute approximate surface area is 133 Å². The highest BCUT2D eigenvalue weighted by Gasteiger charge is 2.30. The molecule has 0 bridgehead atoms. The van der Waals surface area contributed by atoms with E-state index < -0.39 is 5.97 Å². The predicted octanol–water partition coefficient (Wildman–Crippen LogP) is 2.87. The Morgan fingerprint density at radius 3 is 2.04 bits per heavy atom. The Hall–Kier alpha value is -2.95. The van der Waals surface area contributed by atoms with Crippen LogP contribution in [0.15, 0.2) is 48.5 Å². The van der Waals surface area contributed by atoms with Crippen molar-refractivity contribution < 1.29 is 19.1 Å². The van der Waals surface area contributed by atoms with Gasteiger partial charge < -0.3 is 4.74 Å². The fourth-order valence-corrected chi connectivity index (χ4v) is 2.38. The van der Waals surface area contributed by atoms with Crippen LogP contribution in [-0.4, -0.2) is 17.8 Å². The van der Waals surface area contributed by atoms with Crippen LogP contribution in [0, 0.1) is 6.92 Å². The van der Waals surface area contributed by atoms with Crippen LogP contribution in [0.5, 0.6) is 5.75 Å². The molecule has 5 nitrogen and oxygen atoms in total. The predicted molar refractivity (Wildman–Crippen MR) is 84.3 cm³/mol. The number of ether oxygens (including phenoxy) is 1. The maximum absolute atomic E-state index is 12.1. The minimum Gasteiger partial charge on any atom is -0.423 e. The Kier molecular flexibility index (Phi) is 3.93. The van der Waals surface area contributed by atoms with Crippen molar-refractivity contribution in [3.8, 4) is 5.75 Å². The van der Waals surface area contributed by atoms with Gasteiger partial charge in [-0.05, 0) is 43.3 Å². The van der Waals surface area contributed by atoms with Crippen molar-refractivity contribution in [3.05, 3.63) is 59.7 Å². The maximum Gasteiger partial charge on any atom is 0.343 e. The molecule has 1 fully saturated rings. The molecule has 0 aliphatic carbocycles. The zero-order valence-electron chi connectivity index (χ0n) is 12.6. The van der Waals surface area contributed by atoms with E-state index in [2.05, 4.69) is 0 Å². The van der Waals surface area contributed by atoms with Gasteiger partial charge in [-0.25, -0.2) is 4.79 Å². The lowest BCUT2D eigenvalue weighted by Gasteiger charge is -2.14. The molecule has 116 valence electrons. The number of carbonyl (C=O) groups is 3. The minimum absolute atomic E-state index is 0.218. The monoisotopic (exact) mass is 309 g/mol. The number of esters is 1. The number of benzene rings is 2. The molecular weight excluding hydrogens is 294 g/mol. The van der Waals surface area contributed by atoms with Crippen molar-refractivity contribution in [1.29, 1.82) is 0 Å². The molecule has 2 amide bonds. The molecule has 2 aromatic rings. The summed E-state index contributed by atoms with van der Waals surface area (Å²) in [6.45, 7) is 1.95. The van der Waals surface area contributed by atoms with Crippen LogP contribution in [0.25, 0.3) is 0 Å². The van der Waals surface area contributed by atoms with Gasteiger partial charge in [0.1, 0.15) is 5.75 Å². The highest BCUT2D eigenvalue weighted by atomic mass is 16.5. The van der Waals surface area contributed by atoms with E-state index in [0.29, 0.717) is 17.0 Å². The molecular formula is C18H15NO4. The van der Waals surface area contributed by atoms with Gasteiger partial charge in [0.2, 0.25) is 11.8 Å². The van der Waals surface area contributed by atoms with Crippen LogP contribution < -0.4 is 9.64 Å². The largest absolute Gasteiger partial charge is 0.423 e. The van der Waals surface area contributed by atoms with E-state index in [4.69, 9.17) is 4.74 Å². The number of rotatable bonds is 3. The molecule has 23 heavy (non-hydrogen) atoms. The highest BCUT2D eigenvalue weighted by Crippen LogP contribution is 2.23. The van der Waals surface area contributed by atoms with Crippen LogP contribution in [0.1, 0.15) is 28.8 Å². The summed E-state index contributed by atoms with van der Waals surface area (Å²) in [7, 11) is 0. The number of nitrogens with zero attached hydrogens (tertiary/aromatic N) is 1. The summed E-state index contributed by atoms with van der Waals surface area (Å²) >= 11 is 0. The second kappa shape index (κ2) is 6.04. The fraction of sp³-hybridized carbons (Fsp3) is 0.167. The van der Waals surface area contributed by atoms with E-state index in [9.17, 15) is 14.4 Å². The van der Waals surface area contributed by atoms with Crippen molar-refractivity contribution in [3.63, 3.8) is 0 Å². The van der Waals surface area contributed by atoms with E-state index in [1.165, 1.54) is 0 Å². The maximum atomic E-state index is 12.1. The SMILES string of the molecule is Cc1ccc(OC(=O)c2ccc(N3C(=O)CCC3=O)cc2)cc1. The molecule has 1 saturated heterocycles. The molecule has 0 radical (unpaired) electrons. The number of hydrogen-bond donors (Lipinski definition) is 0. The standard InChI is InChI=1S/C18H15NO4/c1-12-2-8-15(9-3-12)23-18(22)13-4-6-14(7-5-13)19-16(20)10-11-17(19)21/h2-9H,10-11H2,1H3. The Morgan fingerprint density at radius 2 is 1.48 bits per heavy atom. The lowest BCUT2D eigenvalue weighted by atomic mass is 10.2. The molecule has 3 rings (SSSR count). The van der Waals surface area contributed by atoms with Crippen LogP contribution in [-0.2, 0) is 9.59 Å². The zero-order valence-corrected chi connectivity index (χ0v) is 12.6. The topological polar surface area (TPSA) is 63.7 Å². The molecule has 0 spiro atoms. The summed E-state index contributed by atoms with van der Waals surface area (Å²) in [6, 6.07) is 13.4. The van der Waals surface area contributed by atoms with Crippen molar-refractivity contribution in [2.24, 2.45) is 0 Å². The molecule has 5 heteroatoms. The summed E-state index contributed by atoms with van der Waals surface area (Å²) in [5, 5.41) is 0. The average molecular weight is 309 g/mol. The first-order valence-electron chi connectivity index (χ1n) is 7.29. The Balaban J connectivity index is 1.74. The first-order valence-corrected chi connectivity index (χ1v) is 7.29. The first-order chi connectivity index (χ1) is 11.0. The molecule has 0 atom stereocenters. The summed E-state index contributed by atoms with van der Waals surface area (Å²) in [5.74, 6) is -0.455. The third-order valence-corrected chi connectivity index (χ3v) is 3.64. The molecule has 2 aromatic carbocycles. The third-order valence-electron chi connectivity index (χ3n) is 3.64. The summed E-state index contributed by atoms with van der Waals surface area (Å²) in [6.07, 6.45) is 0.464. The van der Waals surface area contributed by atoms with Crippen LogP contribution in [0.3, 0.4) is 0 Å². The lowest BCUT2D eigenvalue weighted by molar-refractivity contribution is -0.121. The van der Waals surface area contributed by atoms with E-state index >= 15 is 0 Å². The number of carbonyl (C=O) groups excluding carboxylic acids is 3. The minimum atomic E-state index is -0.487. The number of aryl methyl sites for hydroxylation is 1. The number of hydrogen-bond acceptors (Lipinski definition) is 4. The smallest absolute Gasteiger partial charge is 0.343 e. The Morgan fingerprint density at radius 1 is 0.913 bits per heavy atom. The Bertz CT molecular complexity index is 747. The zero-order chi connectivity index (χ0) is 16.4. The van der Waals surface area contributed by atoms with Gasteiger partial charge in [-0.3, -0.25) is 14.5 Å². The second-order valence-electron chi connectivity index (χ2n) is 5.37. The van der Waals surface area contributed by atoms with Gasteiger partial charge in [-0.1, -0.05) is 17.7 Å². The molecule has 0 unspecified atom stereocenters. The summed E-state index contributed by atoms with van der Waals surface area (Å²) in [5.41, 5.74) is 1.91. The third kappa shape index (κ3) is 3.13. The van der Waals surface area contributed by atoms with Gasteiger partial charge in [0.15, 0.2) is 0 Å². The van der Waals surface area contributed by atoms with Crippen molar-refractivity contribution in [2.75, 3.05) is 4.90 Å². The second-order valence-corrected chi connectivity index (χ2v) is 5.37. The number of imide groups is 1. The first kappa shape index (κ1) is 15.0. The van der Waals surface area contributed by atoms with Gasteiger partial charge in [0, 0.05) is 12.8 Å². The van der Waals surface area contributed by atoms with Gasteiger partial charge in [-0.15, -0.1) is 0 Å². The van der Waals surface area contributed by atoms with Crippen LogP contribution in [0.2, 0.25) is 0 Å². The molecule has 1 aliphatic heterocycles. The van der Waals surface area contributed by atoms with Crippen molar-refractivity contribution >= 4 is 23.5 Å². The molecule has 1 aliphatic rings. The molecule has 0 saturated carbocycles. The van der Waals surface area contributed by atoms with Crippen LogP contribution >= 0.6 is 0 Å².